The molecule has 1 aromatic heterocycles. The van der Waals surface area contributed by atoms with Crippen molar-refractivity contribution < 1.29 is 4.79 Å². The van der Waals surface area contributed by atoms with Gasteiger partial charge < -0.3 is 15.1 Å². The van der Waals surface area contributed by atoms with E-state index in [-0.39, 0.29) is 11.9 Å². The molecule has 1 aromatic carbocycles. The molecule has 6 nitrogen and oxygen atoms in total. The zero-order valence-corrected chi connectivity index (χ0v) is 18.0. The van der Waals surface area contributed by atoms with Crippen molar-refractivity contribution in [2.45, 2.75) is 25.8 Å². The summed E-state index contributed by atoms with van der Waals surface area (Å²) in [7, 11) is 0. The first kappa shape index (κ1) is 20.8. The number of carbonyl (C=O) groups excluding carboxylic acids is 1. The summed E-state index contributed by atoms with van der Waals surface area (Å²) in [5.74, 6) is 0.951. The molecule has 2 aliphatic rings. The second kappa shape index (κ2) is 10.0. The number of hydrogen-bond acceptors (Lipinski definition) is 5. The Morgan fingerprint density at radius 1 is 1.03 bits per heavy atom. The van der Waals surface area contributed by atoms with E-state index in [1.54, 1.807) is 0 Å². The highest BCUT2D eigenvalue weighted by atomic mass is 16.2. The van der Waals surface area contributed by atoms with Crippen molar-refractivity contribution in [1.82, 2.24) is 20.1 Å². The van der Waals surface area contributed by atoms with Crippen molar-refractivity contribution in [3.8, 4) is 0 Å². The van der Waals surface area contributed by atoms with Crippen LogP contribution in [0.1, 0.15) is 41.9 Å². The first-order valence-corrected chi connectivity index (χ1v) is 11.3. The number of piperazine rings is 2. The highest BCUT2D eigenvalue weighted by molar-refractivity contribution is 5.92. The van der Waals surface area contributed by atoms with Gasteiger partial charge in [-0.15, -0.1) is 0 Å². The van der Waals surface area contributed by atoms with E-state index in [1.807, 2.05) is 29.2 Å². The van der Waals surface area contributed by atoms with Gasteiger partial charge in [0.2, 0.25) is 0 Å². The zero-order valence-electron chi connectivity index (χ0n) is 18.0. The summed E-state index contributed by atoms with van der Waals surface area (Å²) in [6.07, 6.45) is 2.44. The van der Waals surface area contributed by atoms with Crippen LogP contribution >= 0.6 is 0 Å². The molecule has 30 heavy (non-hydrogen) atoms. The van der Waals surface area contributed by atoms with Gasteiger partial charge in [0, 0.05) is 51.9 Å². The van der Waals surface area contributed by atoms with E-state index in [9.17, 15) is 4.79 Å². The molecule has 160 valence electrons. The van der Waals surface area contributed by atoms with E-state index in [1.165, 1.54) is 18.4 Å². The van der Waals surface area contributed by atoms with Crippen LogP contribution < -0.4 is 10.2 Å². The van der Waals surface area contributed by atoms with E-state index in [4.69, 9.17) is 4.98 Å². The summed E-state index contributed by atoms with van der Waals surface area (Å²) in [6.45, 7) is 9.50. The topological polar surface area (TPSA) is 51.7 Å². The van der Waals surface area contributed by atoms with Crippen molar-refractivity contribution >= 4 is 11.7 Å². The van der Waals surface area contributed by atoms with E-state index in [0.717, 1.165) is 58.2 Å². The van der Waals surface area contributed by atoms with Crippen LogP contribution in [0.2, 0.25) is 0 Å². The van der Waals surface area contributed by atoms with Crippen molar-refractivity contribution in [3.63, 3.8) is 0 Å². The number of nitrogens with zero attached hydrogens (tertiary/aromatic N) is 4. The number of carbonyl (C=O) groups is 1. The summed E-state index contributed by atoms with van der Waals surface area (Å²) in [5.41, 5.74) is 1.85. The summed E-state index contributed by atoms with van der Waals surface area (Å²) >= 11 is 0. The first-order valence-electron chi connectivity index (χ1n) is 11.3. The quantitative estimate of drug-likeness (QED) is 0.798. The van der Waals surface area contributed by atoms with Gasteiger partial charge in [-0.3, -0.25) is 9.69 Å². The number of unbranched alkanes of at least 4 members (excludes halogenated alkanes) is 1. The molecule has 1 atom stereocenters. The second-order valence-corrected chi connectivity index (χ2v) is 8.23. The molecule has 1 N–H and O–H groups in total. The highest BCUT2D eigenvalue weighted by Gasteiger charge is 2.25. The third-order valence-electron chi connectivity index (χ3n) is 6.14. The molecule has 2 fully saturated rings. The standard InChI is InChI=1S/C24H33N5O/c1-2-3-13-27-15-17-28(18-16-27)24(30)21-10-7-11-23(26-21)29-14-12-25-22(19-29)20-8-5-4-6-9-20/h4-11,22,25H,2-3,12-19H2,1H3. The van der Waals surface area contributed by atoms with Gasteiger partial charge in [0.05, 0.1) is 0 Å². The smallest absolute Gasteiger partial charge is 0.272 e. The molecular formula is C24H33N5O. The van der Waals surface area contributed by atoms with Gasteiger partial charge in [0.1, 0.15) is 11.5 Å². The molecule has 0 spiro atoms. The molecule has 6 heteroatoms. The molecule has 2 saturated heterocycles. The van der Waals surface area contributed by atoms with Gasteiger partial charge in [-0.2, -0.15) is 0 Å². The number of amides is 1. The maximum Gasteiger partial charge on any atom is 0.272 e. The average Bonchev–Trinajstić information content (AvgIpc) is 2.83. The van der Waals surface area contributed by atoms with Crippen molar-refractivity contribution in [1.29, 1.82) is 0 Å². The van der Waals surface area contributed by atoms with Crippen LogP contribution in [-0.2, 0) is 0 Å². The third kappa shape index (κ3) is 4.99. The Labute approximate surface area is 179 Å². The Morgan fingerprint density at radius 3 is 2.60 bits per heavy atom. The minimum absolute atomic E-state index is 0.0572. The molecule has 3 heterocycles. The fourth-order valence-electron chi connectivity index (χ4n) is 4.30. The number of rotatable bonds is 6. The molecule has 1 amide bonds. The Kier molecular flexibility index (Phi) is 6.97. The lowest BCUT2D eigenvalue weighted by atomic mass is 10.0. The van der Waals surface area contributed by atoms with Gasteiger partial charge in [0.15, 0.2) is 0 Å². The van der Waals surface area contributed by atoms with Crippen LogP contribution in [-0.4, -0.2) is 73.0 Å². The van der Waals surface area contributed by atoms with Crippen molar-refractivity contribution in [2.75, 3.05) is 57.3 Å². The maximum atomic E-state index is 13.1. The summed E-state index contributed by atoms with van der Waals surface area (Å²) in [6, 6.07) is 16.6. The van der Waals surface area contributed by atoms with Gasteiger partial charge in [-0.25, -0.2) is 4.98 Å². The summed E-state index contributed by atoms with van der Waals surface area (Å²) in [4.78, 5) is 24.5. The Hall–Kier alpha value is -2.44. The SMILES string of the molecule is CCCCN1CCN(C(=O)c2cccc(N3CCNC(c4ccccc4)C3)n2)CC1. The monoisotopic (exact) mass is 407 g/mol. The number of aromatic nitrogens is 1. The van der Waals surface area contributed by atoms with Crippen LogP contribution in [0.15, 0.2) is 48.5 Å². The largest absolute Gasteiger partial charge is 0.353 e. The predicted octanol–water partition coefficient (Wildman–Crippen LogP) is 2.79. The maximum absolute atomic E-state index is 13.1. The Morgan fingerprint density at radius 2 is 1.83 bits per heavy atom. The highest BCUT2D eigenvalue weighted by Crippen LogP contribution is 2.22. The number of benzene rings is 1. The number of pyridine rings is 1. The fourth-order valence-corrected chi connectivity index (χ4v) is 4.30. The molecule has 2 aromatic rings. The van der Waals surface area contributed by atoms with Crippen molar-refractivity contribution in [3.05, 3.63) is 59.8 Å². The van der Waals surface area contributed by atoms with Gasteiger partial charge in [-0.1, -0.05) is 49.7 Å². The number of anilines is 1. The molecule has 0 bridgehead atoms. The summed E-state index contributed by atoms with van der Waals surface area (Å²) < 4.78 is 0. The van der Waals surface area contributed by atoms with E-state index in [0.29, 0.717) is 5.69 Å². The predicted molar refractivity (Wildman–Crippen MR) is 121 cm³/mol. The van der Waals surface area contributed by atoms with Gasteiger partial charge in [0.25, 0.3) is 5.91 Å². The Bertz CT molecular complexity index is 819. The third-order valence-corrected chi connectivity index (χ3v) is 6.14. The molecule has 2 aliphatic heterocycles. The molecule has 0 radical (unpaired) electrons. The van der Waals surface area contributed by atoms with Gasteiger partial charge in [-0.05, 0) is 30.7 Å². The molecule has 1 unspecified atom stereocenters. The zero-order chi connectivity index (χ0) is 20.8. The van der Waals surface area contributed by atoms with Crippen LogP contribution in [0.5, 0.6) is 0 Å². The molecule has 0 aliphatic carbocycles. The lowest BCUT2D eigenvalue weighted by Gasteiger charge is -2.36. The van der Waals surface area contributed by atoms with E-state index in [2.05, 4.69) is 46.3 Å². The molecule has 4 rings (SSSR count). The number of hydrogen-bond donors (Lipinski definition) is 1. The summed E-state index contributed by atoms with van der Waals surface area (Å²) in [5, 5.41) is 3.59. The lowest BCUT2D eigenvalue weighted by Crippen LogP contribution is -2.49. The van der Waals surface area contributed by atoms with E-state index >= 15 is 0 Å². The number of nitrogens with one attached hydrogen (secondary N) is 1. The average molecular weight is 408 g/mol. The fraction of sp³-hybridized carbons (Fsp3) is 0.500. The van der Waals surface area contributed by atoms with Crippen LogP contribution in [0.4, 0.5) is 5.82 Å². The molecule has 0 saturated carbocycles. The lowest BCUT2D eigenvalue weighted by molar-refractivity contribution is 0.0630. The van der Waals surface area contributed by atoms with Crippen LogP contribution in [0.3, 0.4) is 0 Å². The first-order chi connectivity index (χ1) is 14.7. The normalized spacial score (nSPS) is 20.4. The van der Waals surface area contributed by atoms with Crippen LogP contribution in [0, 0.1) is 0 Å². The van der Waals surface area contributed by atoms with Gasteiger partial charge >= 0.3 is 0 Å². The Balaban J connectivity index is 1.39. The minimum atomic E-state index is 0.0572. The van der Waals surface area contributed by atoms with Crippen LogP contribution in [0.25, 0.3) is 0 Å². The van der Waals surface area contributed by atoms with E-state index < -0.39 is 0 Å². The second-order valence-electron chi connectivity index (χ2n) is 8.23. The minimum Gasteiger partial charge on any atom is -0.353 e. The molecular weight excluding hydrogens is 374 g/mol. The van der Waals surface area contributed by atoms with Crippen molar-refractivity contribution in [2.24, 2.45) is 0 Å².